The van der Waals surface area contributed by atoms with Gasteiger partial charge in [0.2, 0.25) is 0 Å². The molecule has 3 aromatic carbocycles. The first kappa shape index (κ1) is 27.6. The highest BCUT2D eigenvalue weighted by Crippen LogP contribution is 2.33. The van der Waals surface area contributed by atoms with Crippen molar-refractivity contribution in [3.63, 3.8) is 0 Å². The van der Waals surface area contributed by atoms with Crippen LogP contribution in [0.15, 0.2) is 71.6 Å². The molecular formula is C32H46N2S. The van der Waals surface area contributed by atoms with Crippen LogP contribution in [0.3, 0.4) is 0 Å². The van der Waals surface area contributed by atoms with Gasteiger partial charge in [-0.25, -0.2) is 0 Å². The van der Waals surface area contributed by atoms with E-state index in [1.165, 1.54) is 80.1 Å². The zero-order valence-corrected chi connectivity index (χ0v) is 22.0. The maximum Gasteiger partial charge on any atom is 0.0232 e. The van der Waals surface area contributed by atoms with E-state index in [1.54, 1.807) is 11.1 Å². The Labute approximate surface area is 217 Å². The van der Waals surface area contributed by atoms with Crippen LogP contribution in [0.4, 0.5) is 0 Å². The number of benzene rings is 3. The Balaban J connectivity index is 0.000000195. The van der Waals surface area contributed by atoms with Crippen LogP contribution in [0.25, 0.3) is 10.8 Å². The molecule has 0 saturated heterocycles. The van der Waals surface area contributed by atoms with Gasteiger partial charge in [0.1, 0.15) is 0 Å². The van der Waals surface area contributed by atoms with Crippen LogP contribution in [0.5, 0.6) is 0 Å². The number of nitrogens with zero attached hydrogens (tertiary/aromatic N) is 1. The minimum absolute atomic E-state index is 0. The lowest BCUT2D eigenvalue weighted by atomic mass is 9.83. The largest absolute Gasteiger partial charge is 0.316 e. The molecule has 0 bridgehead atoms. The lowest BCUT2D eigenvalue weighted by Gasteiger charge is -2.27. The van der Waals surface area contributed by atoms with E-state index in [9.17, 15) is 0 Å². The molecule has 0 radical (unpaired) electrons. The van der Waals surface area contributed by atoms with Gasteiger partial charge in [0.25, 0.3) is 0 Å². The Morgan fingerprint density at radius 3 is 2.23 bits per heavy atom. The Morgan fingerprint density at radius 1 is 0.800 bits per heavy atom. The van der Waals surface area contributed by atoms with Crippen molar-refractivity contribution in [3.8, 4) is 0 Å². The van der Waals surface area contributed by atoms with Gasteiger partial charge >= 0.3 is 0 Å². The zero-order valence-electron chi connectivity index (χ0n) is 21.1. The molecule has 0 aromatic heterocycles. The molecular weight excluding hydrogens is 444 g/mol. The summed E-state index contributed by atoms with van der Waals surface area (Å²) < 4.78 is 2.15. The highest BCUT2D eigenvalue weighted by Gasteiger charge is 2.19. The van der Waals surface area contributed by atoms with E-state index < -0.39 is 0 Å². The predicted molar refractivity (Wildman–Crippen MR) is 159 cm³/mol. The number of rotatable bonds is 6. The topological polar surface area (TPSA) is 15.3 Å². The monoisotopic (exact) mass is 490 g/mol. The molecule has 3 heteroatoms. The van der Waals surface area contributed by atoms with Gasteiger partial charge in [0, 0.05) is 4.90 Å². The normalized spacial score (nSPS) is 18.8. The van der Waals surface area contributed by atoms with Crippen LogP contribution in [0.1, 0.15) is 57.1 Å². The fourth-order valence-electron chi connectivity index (χ4n) is 5.43. The summed E-state index contributed by atoms with van der Waals surface area (Å²) in [6.07, 6.45) is 11.2. The van der Waals surface area contributed by atoms with Gasteiger partial charge in [-0.15, -0.1) is 0 Å². The number of fused-ring (bicyclic) bond motifs is 2. The Bertz CT molecular complexity index is 1060. The van der Waals surface area contributed by atoms with Gasteiger partial charge in [-0.2, -0.15) is 0 Å². The molecule has 5 rings (SSSR count). The Morgan fingerprint density at radius 2 is 1.46 bits per heavy atom. The maximum atomic E-state index is 4.21. The highest BCUT2D eigenvalue weighted by molar-refractivity contribution is 8.12. The van der Waals surface area contributed by atoms with Crippen molar-refractivity contribution in [2.45, 2.75) is 63.7 Å². The van der Waals surface area contributed by atoms with Crippen LogP contribution < -0.4 is 5.32 Å². The van der Waals surface area contributed by atoms with Crippen molar-refractivity contribution >= 4 is 27.3 Å². The van der Waals surface area contributed by atoms with Crippen molar-refractivity contribution in [2.24, 2.45) is 11.8 Å². The van der Waals surface area contributed by atoms with Crippen molar-refractivity contribution in [2.75, 3.05) is 27.2 Å². The molecule has 1 saturated carbocycles. The molecule has 0 amide bonds. The molecule has 1 N–H and O–H groups in total. The molecule has 1 fully saturated rings. The van der Waals surface area contributed by atoms with Crippen molar-refractivity contribution in [1.29, 1.82) is 0 Å². The molecule has 0 spiro atoms. The lowest BCUT2D eigenvalue weighted by Crippen LogP contribution is -2.31. The van der Waals surface area contributed by atoms with Crippen molar-refractivity contribution in [3.05, 3.63) is 77.9 Å². The second-order valence-corrected chi connectivity index (χ2v) is 12.1. The quantitative estimate of drug-likeness (QED) is 0.352. The van der Waals surface area contributed by atoms with Crippen molar-refractivity contribution in [1.82, 2.24) is 9.62 Å². The summed E-state index contributed by atoms with van der Waals surface area (Å²) in [7, 11) is 4.06. The molecule has 2 aliphatic carbocycles. The van der Waals surface area contributed by atoms with Crippen LogP contribution in [0, 0.1) is 11.8 Å². The Kier molecular flexibility index (Phi) is 11.0. The standard InChI is InChI=1S/C18H27N.C13H15NS.CH4/c1-2-6-15(7-3-1)13-19-14-16-10-11-17-8-4-5-9-18(17)12-16;1-14(2)15(3)13-10-6-8-11-7-4-5-9-12(11)13;/h4-5,8-9,15-16,19H,1-3,6-7,10-14H2;4-10H,3H2,1-2H3;1H4. The van der Waals surface area contributed by atoms with Gasteiger partial charge in [-0.3, -0.25) is 4.31 Å². The number of nitrogens with one attached hydrogen (secondary N) is 1. The molecule has 2 unspecified atom stereocenters. The first-order valence-corrected chi connectivity index (χ1v) is 14.4. The third-order valence-electron chi connectivity index (χ3n) is 7.48. The highest BCUT2D eigenvalue weighted by atomic mass is 32.2. The summed E-state index contributed by atoms with van der Waals surface area (Å²) in [6.45, 7) is 2.49. The fraction of sp³-hybridized carbons (Fsp3) is 0.469. The molecule has 190 valence electrons. The summed E-state index contributed by atoms with van der Waals surface area (Å²) >= 11 is 0. The van der Waals surface area contributed by atoms with E-state index in [4.69, 9.17) is 0 Å². The molecule has 0 heterocycles. The van der Waals surface area contributed by atoms with E-state index in [1.807, 2.05) is 0 Å². The summed E-state index contributed by atoms with van der Waals surface area (Å²) in [5.41, 5.74) is 3.18. The maximum absolute atomic E-state index is 4.21. The zero-order chi connectivity index (χ0) is 23.8. The third-order valence-corrected chi connectivity index (χ3v) is 9.23. The molecule has 3 aromatic rings. The van der Waals surface area contributed by atoms with E-state index in [0.717, 1.165) is 11.8 Å². The van der Waals surface area contributed by atoms with E-state index in [2.05, 4.69) is 96.3 Å². The average molecular weight is 491 g/mol. The molecule has 0 aliphatic heterocycles. The van der Waals surface area contributed by atoms with E-state index in [-0.39, 0.29) is 18.1 Å². The van der Waals surface area contributed by atoms with Gasteiger partial charge in [-0.05, 0) is 99.1 Å². The minimum Gasteiger partial charge on any atom is -0.316 e. The summed E-state index contributed by atoms with van der Waals surface area (Å²) in [4.78, 5) is 1.32. The summed E-state index contributed by atoms with van der Waals surface area (Å²) in [6, 6.07) is 23.9. The molecule has 2 nitrogen and oxygen atoms in total. The number of hydrogen-bond donors (Lipinski definition) is 1. The van der Waals surface area contributed by atoms with Gasteiger partial charge < -0.3 is 5.32 Å². The third kappa shape index (κ3) is 7.77. The van der Waals surface area contributed by atoms with Crippen LogP contribution in [0.2, 0.25) is 0 Å². The van der Waals surface area contributed by atoms with Crippen LogP contribution >= 0.6 is 10.7 Å². The molecule has 2 aliphatic rings. The SMILES string of the molecule is C.C=S(c1cccc2ccccc12)N(C)C.c1ccc2c(c1)CCC(CNCC1CCCCC1)C2. The Hall–Kier alpha value is -1.94. The minimum atomic E-state index is -0.0764. The van der Waals surface area contributed by atoms with Gasteiger partial charge in [0.05, 0.1) is 0 Å². The van der Waals surface area contributed by atoms with Gasteiger partial charge in [0.15, 0.2) is 0 Å². The summed E-state index contributed by atoms with van der Waals surface area (Å²) in [5.74, 6) is 6.03. The lowest BCUT2D eigenvalue weighted by molar-refractivity contribution is 0.326. The summed E-state index contributed by atoms with van der Waals surface area (Å²) in [5, 5.41) is 6.36. The first-order valence-electron chi connectivity index (χ1n) is 13.1. The van der Waals surface area contributed by atoms with E-state index >= 15 is 0 Å². The predicted octanol–water partition coefficient (Wildman–Crippen LogP) is 7.97. The molecule has 35 heavy (non-hydrogen) atoms. The van der Waals surface area contributed by atoms with E-state index in [0.29, 0.717) is 0 Å². The number of aryl methyl sites for hydroxylation is 1. The van der Waals surface area contributed by atoms with Gasteiger partial charge in [-0.1, -0.05) is 104 Å². The van der Waals surface area contributed by atoms with Crippen LogP contribution in [-0.2, 0) is 12.8 Å². The molecule has 2 atom stereocenters. The van der Waals surface area contributed by atoms with Crippen molar-refractivity contribution < 1.29 is 0 Å². The average Bonchev–Trinajstić information content (AvgIpc) is 2.89. The first-order chi connectivity index (χ1) is 16.6. The van der Waals surface area contributed by atoms with Crippen LogP contribution in [-0.4, -0.2) is 37.4 Å². The second kappa shape index (κ2) is 14.0. The smallest absolute Gasteiger partial charge is 0.0232 e. The number of hydrogen-bond acceptors (Lipinski definition) is 2. The fourth-order valence-corrected chi connectivity index (χ4v) is 6.50. The second-order valence-electron chi connectivity index (χ2n) is 10.2.